The molecular formula is C17H33N3. The van der Waals surface area contributed by atoms with Gasteiger partial charge in [-0.15, -0.1) is 0 Å². The molecule has 3 fully saturated rings. The molecule has 0 aromatic heterocycles. The highest BCUT2D eigenvalue weighted by molar-refractivity contribution is 4.81. The summed E-state index contributed by atoms with van der Waals surface area (Å²) < 4.78 is 0. The van der Waals surface area contributed by atoms with Crippen molar-refractivity contribution in [2.24, 2.45) is 11.8 Å². The minimum atomic E-state index is 0.801. The van der Waals surface area contributed by atoms with Crippen LogP contribution in [0.2, 0.25) is 0 Å². The van der Waals surface area contributed by atoms with Crippen molar-refractivity contribution < 1.29 is 0 Å². The van der Waals surface area contributed by atoms with Crippen LogP contribution < -0.4 is 5.32 Å². The summed E-state index contributed by atoms with van der Waals surface area (Å²) in [6, 6.07) is 0.801. The van der Waals surface area contributed by atoms with Crippen LogP contribution in [0.3, 0.4) is 0 Å². The van der Waals surface area contributed by atoms with E-state index in [0.29, 0.717) is 0 Å². The van der Waals surface area contributed by atoms with E-state index in [2.05, 4.69) is 22.0 Å². The van der Waals surface area contributed by atoms with E-state index in [4.69, 9.17) is 0 Å². The van der Waals surface area contributed by atoms with Crippen LogP contribution in [0, 0.1) is 11.8 Å². The molecule has 3 aliphatic rings. The van der Waals surface area contributed by atoms with Gasteiger partial charge in [0.2, 0.25) is 0 Å². The van der Waals surface area contributed by atoms with Gasteiger partial charge in [0.1, 0.15) is 0 Å². The first-order chi connectivity index (χ1) is 9.79. The summed E-state index contributed by atoms with van der Waals surface area (Å²) in [5.74, 6) is 1.99. The Balaban J connectivity index is 1.25. The Kier molecular flexibility index (Phi) is 5.36. The number of hydrogen-bond donors (Lipinski definition) is 1. The highest BCUT2D eigenvalue weighted by Gasteiger charge is 2.26. The molecule has 2 atom stereocenters. The Morgan fingerprint density at radius 2 is 1.70 bits per heavy atom. The first-order valence-corrected chi connectivity index (χ1v) is 8.97. The van der Waals surface area contributed by atoms with E-state index < -0.39 is 0 Å². The van der Waals surface area contributed by atoms with Crippen LogP contribution >= 0.6 is 0 Å². The van der Waals surface area contributed by atoms with Gasteiger partial charge in [0.15, 0.2) is 0 Å². The van der Waals surface area contributed by atoms with Crippen LogP contribution in [0.15, 0.2) is 0 Å². The van der Waals surface area contributed by atoms with Crippen molar-refractivity contribution in [3.8, 4) is 0 Å². The summed E-state index contributed by atoms with van der Waals surface area (Å²) >= 11 is 0. The summed E-state index contributed by atoms with van der Waals surface area (Å²) in [5, 5.41) is 3.80. The second-order valence-corrected chi connectivity index (χ2v) is 7.51. The molecule has 3 nitrogen and oxygen atoms in total. The Morgan fingerprint density at radius 3 is 2.40 bits per heavy atom. The van der Waals surface area contributed by atoms with Crippen molar-refractivity contribution in [3.63, 3.8) is 0 Å². The average Bonchev–Trinajstić information content (AvgIpc) is 3.25. The van der Waals surface area contributed by atoms with Gasteiger partial charge in [-0.25, -0.2) is 0 Å². The summed E-state index contributed by atoms with van der Waals surface area (Å²) in [5.41, 5.74) is 0. The lowest BCUT2D eigenvalue weighted by Gasteiger charge is -2.35. The van der Waals surface area contributed by atoms with E-state index >= 15 is 0 Å². The molecule has 0 bridgehead atoms. The van der Waals surface area contributed by atoms with Crippen molar-refractivity contribution in [2.45, 2.75) is 51.5 Å². The van der Waals surface area contributed by atoms with Gasteiger partial charge in [-0.05, 0) is 37.5 Å². The first-order valence-electron chi connectivity index (χ1n) is 8.97. The SMILES string of the molecule is CC1CCCC(NCCN2CCN(CC3CC3)CC2)C1. The molecule has 1 aliphatic heterocycles. The first kappa shape index (κ1) is 14.8. The maximum absolute atomic E-state index is 3.80. The lowest BCUT2D eigenvalue weighted by atomic mass is 9.87. The fourth-order valence-corrected chi connectivity index (χ4v) is 3.91. The zero-order valence-corrected chi connectivity index (χ0v) is 13.3. The lowest BCUT2D eigenvalue weighted by molar-refractivity contribution is 0.127. The van der Waals surface area contributed by atoms with Crippen LogP contribution in [0.5, 0.6) is 0 Å². The van der Waals surface area contributed by atoms with Gasteiger partial charge in [-0.1, -0.05) is 19.8 Å². The molecule has 3 heteroatoms. The van der Waals surface area contributed by atoms with E-state index in [0.717, 1.165) is 17.9 Å². The number of hydrogen-bond acceptors (Lipinski definition) is 3. The van der Waals surface area contributed by atoms with Gasteiger partial charge in [0.05, 0.1) is 0 Å². The normalized spacial score (nSPS) is 33.5. The molecule has 2 unspecified atom stereocenters. The van der Waals surface area contributed by atoms with Crippen molar-refractivity contribution in [1.29, 1.82) is 0 Å². The number of nitrogens with one attached hydrogen (secondary N) is 1. The van der Waals surface area contributed by atoms with Crippen LogP contribution in [0.1, 0.15) is 45.4 Å². The predicted octanol–water partition coefficient (Wildman–Crippen LogP) is 2.18. The molecule has 116 valence electrons. The van der Waals surface area contributed by atoms with Crippen molar-refractivity contribution >= 4 is 0 Å². The molecule has 1 heterocycles. The van der Waals surface area contributed by atoms with Crippen LogP contribution in [0.25, 0.3) is 0 Å². The molecule has 0 aromatic rings. The quantitative estimate of drug-likeness (QED) is 0.804. The predicted molar refractivity (Wildman–Crippen MR) is 85.0 cm³/mol. The number of nitrogens with zero attached hydrogens (tertiary/aromatic N) is 2. The van der Waals surface area contributed by atoms with Crippen molar-refractivity contribution in [1.82, 2.24) is 15.1 Å². The Hall–Kier alpha value is -0.120. The third-order valence-electron chi connectivity index (χ3n) is 5.48. The zero-order chi connectivity index (χ0) is 13.8. The van der Waals surface area contributed by atoms with E-state index in [1.54, 1.807) is 0 Å². The second-order valence-electron chi connectivity index (χ2n) is 7.51. The van der Waals surface area contributed by atoms with Crippen LogP contribution in [-0.4, -0.2) is 61.7 Å². The summed E-state index contributed by atoms with van der Waals surface area (Å²) in [4.78, 5) is 5.34. The van der Waals surface area contributed by atoms with Crippen LogP contribution in [-0.2, 0) is 0 Å². The van der Waals surface area contributed by atoms with Gasteiger partial charge in [-0.3, -0.25) is 4.90 Å². The zero-order valence-electron chi connectivity index (χ0n) is 13.3. The molecule has 0 spiro atoms. The second kappa shape index (κ2) is 7.24. The summed E-state index contributed by atoms with van der Waals surface area (Å²) in [6.07, 6.45) is 8.66. The Bertz CT molecular complexity index is 282. The maximum Gasteiger partial charge on any atom is 0.0110 e. The Labute approximate surface area is 125 Å². The number of rotatable bonds is 6. The van der Waals surface area contributed by atoms with Crippen molar-refractivity contribution in [3.05, 3.63) is 0 Å². The Morgan fingerprint density at radius 1 is 0.950 bits per heavy atom. The third-order valence-corrected chi connectivity index (χ3v) is 5.48. The van der Waals surface area contributed by atoms with E-state index in [1.165, 1.54) is 84.3 Å². The fourth-order valence-electron chi connectivity index (χ4n) is 3.91. The topological polar surface area (TPSA) is 18.5 Å². The highest BCUT2D eigenvalue weighted by atomic mass is 15.3. The molecule has 1 saturated heterocycles. The molecule has 0 amide bonds. The van der Waals surface area contributed by atoms with Crippen LogP contribution in [0.4, 0.5) is 0 Å². The summed E-state index contributed by atoms with van der Waals surface area (Å²) in [7, 11) is 0. The minimum absolute atomic E-state index is 0.801. The van der Waals surface area contributed by atoms with Gasteiger partial charge in [0.25, 0.3) is 0 Å². The molecule has 0 radical (unpaired) electrons. The van der Waals surface area contributed by atoms with Gasteiger partial charge >= 0.3 is 0 Å². The monoisotopic (exact) mass is 279 g/mol. The van der Waals surface area contributed by atoms with Gasteiger partial charge in [0, 0.05) is 51.9 Å². The molecular weight excluding hydrogens is 246 g/mol. The number of piperazine rings is 1. The molecule has 1 N–H and O–H groups in total. The maximum atomic E-state index is 3.80. The van der Waals surface area contributed by atoms with Crippen molar-refractivity contribution in [2.75, 3.05) is 45.8 Å². The smallest absolute Gasteiger partial charge is 0.0110 e. The molecule has 20 heavy (non-hydrogen) atoms. The molecule has 3 rings (SSSR count). The van der Waals surface area contributed by atoms with Gasteiger partial charge < -0.3 is 10.2 Å². The molecule has 0 aromatic carbocycles. The fraction of sp³-hybridized carbons (Fsp3) is 1.00. The highest BCUT2D eigenvalue weighted by Crippen LogP contribution is 2.29. The summed E-state index contributed by atoms with van der Waals surface area (Å²) in [6.45, 7) is 11.4. The standard InChI is InChI=1S/C17H33N3/c1-15-3-2-4-17(13-15)18-7-8-19-9-11-20(12-10-19)14-16-5-6-16/h15-18H,2-14H2,1H3. The third kappa shape index (κ3) is 4.71. The minimum Gasteiger partial charge on any atom is -0.313 e. The lowest BCUT2D eigenvalue weighted by Crippen LogP contribution is -2.49. The van der Waals surface area contributed by atoms with E-state index in [-0.39, 0.29) is 0 Å². The largest absolute Gasteiger partial charge is 0.313 e. The van der Waals surface area contributed by atoms with E-state index in [9.17, 15) is 0 Å². The molecule has 2 saturated carbocycles. The van der Waals surface area contributed by atoms with Gasteiger partial charge in [-0.2, -0.15) is 0 Å². The average molecular weight is 279 g/mol. The molecule has 2 aliphatic carbocycles. The van der Waals surface area contributed by atoms with E-state index in [1.807, 2.05) is 0 Å².